The Bertz CT molecular complexity index is 1030. The predicted octanol–water partition coefficient (Wildman–Crippen LogP) is 4.45. The Morgan fingerprint density at radius 2 is 1.79 bits per heavy atom. The van der Waals surface area contributed by atoms with Crippen LogP contribution in [-0.2, 0) is 18.0 Å². The maximum atomic E-state index is 14.9. The van der Waals surface area contributed by atoms with Gasteiger partial charge in [-0.15, -0.1) is 0 Å². The van der Waals surface area contributed by atoms with Crippen LogP contribution in [0.4, 0.5) is 4.39 Å². The Hall–Kier alpha value is -3.22. The van der Waals surface area contributed by atoms with Crippen LogP contribution >= 0.6 is 0 Å². The van der Waals surface area contributed by atoms with Crippen molar-refractivity contribution in [2.24, 2.45) is 0 Å². The highest BCUT2D eigenvalue weighted by molar-refractivity contribution is 5.96. The SMILES string of the molecule is Cc1c(F)c2c(c(OCc3ccccc3)c1C(=O)Oc1ccccc1)C(O)OC2. The number of carbonyl (C=O) groups is 1. The summed E-state index contributed by atoms with van der Waals surface area (Å²) in [6.07, 6.45) is -1.38. The van der Waals surface area contributed by atoms with E-state index in [-0.39, 0.29) is 41.2 Å². The number of aliphatic hydroxyl groups excluding tert-OH is 1. The number of hydrogen-bond donors (Lipinski definition) is 1. The zero-order chi connectivity index (χ0) is 20.4. The summed E-state index contributed by atoms with van der Waals surface area (Å²) in [7, 11) is 0. The van der Waals surface area contributed by atoms with E-state index in [1.165, 1.54) is 6.92 Å². The third-order valence-corrected chi connectivity index (χ3v) is 4.78. The summed E-state index contributed by atoms with van der Waals surface area (Å²) >= 11 is 0. The van der Waals surface area contributed by atoms with Crippen LogP contribution in [0.25, 0.3) is 0 Å². The van der Waals surface area contributed by atoms with Crippen LogP contribution in [0.5, 0.6) is 11.5 Å². The average molecular weight is 394 g/mol. The second kappa shape index (κ2) is 8.03. The molecule has 1 aliphatic rings. The first-order valence-electron chi connectivity index (χ1n) is 9.14. The fourth-order valence-electron chi connectivity index (χ4n) is 3.32. The maximum absolute atomic E-state index is 14.9. The smallest absolute Gasteiger partial charge is 0.347 e. The van der Waals surface area contributed by atoms with Gasteiger partial charge in [0.1, 0.15) is 29.5 Å². The first-order chi connectivity index (χ1) is 14.1. The van der Waals surface area contributed by atoms with Crippen molar-refractivity contribution in [3.63, 3.8) is 0 Å². The van der Waals surface area contributed by atoms with Gasteiger partial charge in [-0.1, -0.05) is 48.5 Å². The molecular formula is C23H19FO5. The lowest BCUT2D eigenvalue weighted by atomic mass is 9.97. The lowest BCUT2D eigenvalue weighted by Gasteiger charge is -2.19. The van der Waals surface area contributed by atoms with E-state index in [9.17, 15) is 14.3 Å². The Morgan fingerprint density at radius 1 is 1.14 bits per heavy atom. The number of aliphatic hydroxyl groups is 1. The first-order valence-corrected chi connectivity index (χ1v) is 9.14. The van der Waals surface area contributed by atoms with Crippen LogP contribution < -0.4 is 9.47 Å². The van der Waals surface area contributed by atoms with E-state index in [1.807, 2.05) is 30.3 Å². The molecule has 0 radical (unpaired) electrons. The third-order valence-electron chi connectivity index (χ3n) is 4.78. The van der Waals surface area contributed by atoms with E-state index in [1.54, 1.807) is 30.3 Å². The van der Waals surface area contributed by atoms with Crippen LogP contribution in [0.1, 0.15) is 38.9 Å². The van der Waals surface area contributed by atoms with Crippen LogP contribution in [0.15, 0.2) is 60.7 Å². The van der Waals surface area contributed by atoms with Crippen LogP contribution in [0.3, 0.4) is 0 Å². The van der Waals surface area contributed by atoms with Crippen molar-refractivity contribution in [1.29, 1.82) is 0 Å². The molecule has 0 bridgehead atoms. The van der Waals surface area contributed by atoms with Gasteiger partial charge in [-0.2, -0.15) is 0 Å². The van der Waals surface area contributed by atoms with Crippen molar-refractivity contribution in [3.8, 4) is 11.5 Å². The van der Waals surface area contributed by atoms with Crippen molar-refractivity contribution in [1.82, 2.24) is 0 Å². The van der Waals surface area contributed by atoms with Crippen molar-refractivity contribution in [2.75, 3.05) is 0 Å². The fraction of sp³-hybridized carbons (Fsp3) is 0.174. The molecular weight excluding hydrogens is 375 g/mol. The topological polar surface area (TPSA) is 65.0 Å². The average Bonchev–Trinajstić information content (AvgIpc) is 3.12. The minimum Gasteiger partial charge on any atom is -0.487 e. The highest BCUT2D eigenvalue weighted by atomic mass is 19.1. The summed E-state index contributed by atoms with van der Waals surface area (Å²) < 4.78 is 31.5. The number of para-hydroxylation sites is 1. The summed E-state index contributed by atoms with van der Waals surface area (Å²) in [5.74, 6) is -0.974. The quantitative estimate of drug-likeness (QED) is 0.512. The zero-order valence-corrected chi connectivity index (χ0v) is 15.7. The second-order valence-corrected chi connectivity index (χ2v) is 6.68. The normalized spacial score (nSPS) is 15.1. The number of carbonyl (C=O) groups excluding carboxylic acids is 1. The first kappa shape index (κ1) is 19.1. The third kappa shape index (κ3) is 3.72. The van der Waals surface area contributed by atoms with E-state index in [2.05, 4.69) is 0 Å². The van der Waals surface area contributed by atoms with Crippen LogP contribution in [0.2, 0.25) is 0 Å². The Morgan fingerprint density at radius 3 is 2.48 bits per heavy atom. The Labute approximate surface area is 167 Å². The molecule has 0 fully saturated rings. The van der Waals surface area contributed by atoms with Gasteiger partial charge in [-0.25, -0.2) is 9.18 Å². The molecule has 3 aromatic rings. The van der Waals surface area contributed by atoms with Gasteiger partial charge in [-0.05, 0) is 24.6 Å². The fourth-order valence-corrected chi connectivity index (χ4v) is 3.32. The number of ether oxygens (including phenoxy) is 3. The minimum atomic E-state index is -1.38. The largest absolute Gasteiger partial charge is 0.487 e. The molecule has 1 atom stereocenters. The number of rotatable bonds is 5. The molecule has 6 heteroatoms. The van der Waals surface area contributed by atoms with Crippen LogP contribution in [0, 0.1) is 12.7 Å². The Kier molecular flexibility index (Phi) is 5.29. The predicted molar refractivity (Wildman–Crippen MR) is 103 cm³/mol. The monoisotopic (exact) mass is 394 g/mol. The molecule has 0 amide bonds. The van der Waals surface area contributed by atoms with E-state index in [0.29, 0.717) is 5.75 Å². The van der Waals surface area contributed by atoms with Crippen LogP contribution in [-0.4, -0.2) is 11.1 Å². The standard InChI is InChI=1S/C23H19FO5/c1-14-18(23(26)29-16-10-6-3-7-11-16)21(27-12-15-8-4-2-5-9-15)19-17(20(14)24)13-28-22(19)25/h2-11,22,25H,12-13H2,1H3. The van der Waals surface area contributed by atoms with Gasteiger partial charge >= 0.3 is 5.97 Å². The van der Waals surface area contributed by atoms with E-state index >= 15 is 0 Å². The summed E-state index contributed by atoms with van der Waals surface area (Å²) in [5, 5.41) is 10.2. The van der Waals surface area contributed by atoms with Gasteiger partial charge in [0.05, 0.1) is 12.2 Å². The van der Waals surface area contributed by atoms with Gasteiger partial charge in [0.2, 0.25) is 0 Å². The molecule has 0 saturated heterocycles. The highest BCUT2D eigenvalue weighted by Crippen LogP contribution is 2.42. The summed E-state index contributed by atoms with van der Waals surface area (Å²) in [6.45, 7) is 1.52. The van der Waals surface area contributed by atoms with Gasteiger partial charge in [0.15, 0.2) is 6.29 Å². The molecule has 0 saturated carbocycles. The summed E-state index contributed by atoms with van der Waals surface area (Å²) in [5.41, 5.74) is 1.20. The molecule has 1 N–H and O–H groups in total. The zero-order valence-electron chi connectivity index (χ0n) is 15.7. The van der Waals surface area contributed by atoms with Crippen molar-refractivity contribution in [3.05, 3.63) is 94.3 Å². The number of benzene rings is 3. The van der Waals surface area contributed by atoms with Gasteiger partial charge < -0.3 is 19.3 Å². The molecule has 1 heterocycles. The molecule has 0 aromatic heterocycles. The van der Waals surface area contributed by atoms with E-state index in [4.69, 9.17) is 14.2 Å². The van der Waals surface area contributed by atoms with Crippen molar-refractivity contribution >= 4 is 5.97 Å². The second-order valence-electron chi connectivity index (χ2n) is 6.68. The molecule has 0 spiro atoms. The molecule has 4 rings (SSSR count). The maximum Gasteiger partial charge on any atom is 0.347 e. The summed E-state index contributed by atoms with van der Waals surface area (Å²) in [6, 6.07) is 17.8. The molecule has 0 aliphatic carbocycles. The number of esters is 1. The van der Waals surface area contributed by atoms with E-state index < -0.39 is 18.1 Å². The molecule has 1 unspecified atom stereocenters. The lowest BCUT2D eigenvalue weighted by molar-refractivity contribution is -0.0929. The lowest BCUT2D eigenvalue weighted by Crippen LogP contribution is -2.16. The van der Waals surface area contributed by atoms with Gasteiger partial charge in [0, 0.05) is 11.1 Å². The Balaban J connectivity index is 1.77. The number of hydrogen-bond acceptors (Lipinski definition) is 5. The summed E-state index contributed by atoms with van der Waals surface area (Å²) in [4.78, 5) is 12.9. The molecule has 148 valence electrons. The molecule has 29 heavy (non-hydrogen) atoms. The van der Waals surface area contributed by atoms with Gasteiger partial charge in [0.25, 0.3) is 0 Å². The van der Waals surface area contributed by atoms with Gasteiger partial charge in [-0.3, -0.25) is 0 Å². The number of halogens is 1. The number of fused-ring (bicyclic) bond motifs is 1. The molecule has 5 nitrogen and oxygen atoms in total. The van der Waals surface area contributed by atoms with Crippen molar-refractivity contribution < 1.29 is 28.5 Å². The molecule has 1 aliphatic heterocycles. The molecule has 3 aromatic carbocycles. The highest BCUT2D eigenvalue weighted by Gasteiger charge is 2.35. The minimum absolute atomic E-state index is 0.0643. The van der Waals surface area contributed by atoms with Crippen molar-refractivity contribution in [2.45, 2.75) is 26.4 Å². The van der Waals surface area contributed by atoms with E-state index in [0.717, 1.165) is 5.56 Å².